The summed E-state index contributed by atoms with van der Waals surface area (Å²) in [5.74, 6) is 0.967. The zero-order valence-corrected chi connectivity index (χ0v) is 22.7. The van der Waals surface area contributed by atoms with Gasteiger partial charge in [0.2, 0.25) is 0 Å². The summed E-state index contributed by atoms with van der Waals surface area (Å²) < 4.78 is 28.4. The highest BCUT2D eigenvalue weighted by molar-refractivity contribution is 7.63. The summed E-state index contributed by atoms with van der Waals surface area (Å²) >= 11 is 0. The summed E-state index contributed by atoms with van der Waals surface area (Å²) in [5, 5.41) is 0.493. The maximum Gasteiger partial charge on any atom is 0.463 e. The Bertz CT molecular complexity index is 1680. The van der Waals surface area contributed by atoms with E-state index in [1.165, 1.54) is 0 Å². The van der Waals surface area contributed by atoms with E-state index in [2.05, 4.69) is 0 Å². The van der Waals surface area contributed by atoms with Crippen LogP contribution in [0.15, 0.2) is 164 Å². The smallest absolute Gasteiger partial charge is 0.412 e. The first-order chi connectivity index (χ1) is 19.7. The largest absolute Gasteiger partial charge is 0.463 e. The Morgan fingerprint density at radius 2 is 0.675 bits per heavy atom. The molecule has 6 aromatic rings. The van der Waals surface area contributed by atoms with Crippen LogP contribution in [0.1, 0.15) is 0 Å². The Morgan fingerprint density at radius 3 is 1.12 bits per heavy atom. The van der Waals surface area contributed by atoms with Crippen molar-refractivity contribution >= 4 is 12.9 Å². The molecule has 0 aliphatic rings. The summed E-state index contributed by atoms with van der Waals surface area (Å²) in [7, 11) is -4.01. The van der Waals surface area contributed by atoms with E-state index >= 15 is 4.57 Å². The normalized spacial score (nSPS) is 11.1. The first kappa shape index (κ1) is 25.4. The predicted molar refractivity (Wildman–Crippen MR) is 164 cm³/mol. The van der Waals surface area contributed by atoms with E-state index in [1.807, 2.05) is 164 Å². The van der Waals surface area contributed by atoms with E-state index < -0.39 is 7.60 Å². The van der Waals surface area contributed by atoms with E-state index in [0.717, 1.165) is 33.4 Å². The number of para-hydroxylation sites is 2. The predicted octanol–water partition coefficient (Wildman–Crippen LogP) is 9.66. The van der Waals surface area contributed by atoms with Crippen LogP contribution in [0.2, 0.25) is 0 Å². The lowest BCUT2D eigenvalue weighted by Crippen LogP contribution is -2.17. The Labute approximate surface area is 234 Å². The minimum atomic E-state index is -4.01. The van der Waals surface area contributed by atoms with Crippen LogP contribution in [0, 0.1) is 0 Å². The molecular formula is C36H27O3P. The van der Waals surface area contributed by atoms with Crippen LogP contribution in [-0.4, -0.2) is 0 Å². The summed E-state index contributed by atoms with van der Waals surface area (Å²) in [6.07, 6.45) is 0. The van der Waals surface area contributed by atoms with Crippen LogP contribution in [0.25, 0.3) is 33.4 Å². The highest BCUT2D eigenvalue weighted by Crippen LogP contribution is 2.52. The second-order valence-corrected chi connectivity index (χ2v) is 11.1. The Morgan fingerprint density at radius 1 is 0.350 bits per heavy atom. The molecule has 0 N–H and O–H groups in total. The van der Waals surface area contributed by atoms with Crippen molar-refractivity contribution in [2.75, 3.05) is 0 Å². The molecule has 0 bridgehead atoms. The van der Waals surface area contributed by atoms with E-state index in [-0.39, 0.29) is 0 Å². The molecule has 0 amide bonds. The van der Waals surface area contributed by atoms with Crippen molar-refractivity contribution in [3.8, 4) is 44.9 Å². The molecule has 0 atom stereocenters. The van der Waals surface area contributed by atoms with Crippen molar-refractivity contribution in [2.45, 2.75) is 0 Å². The second kappa shape index (κ2) is 11.5. The van der Waals surface area contributed by atoms with E-state index in [9.17, 15) is 0 Å². The fourth-order valence-corrected chi connectivity index (χ4v) is 6.59. The molecule has 0 aromatic heterocycles. The first-order valence-electron chi connectivity index (χ1n) is 13.1. The Balaban J connectivity index is 1.52. The number of hydrogen-bond donors (Lipinski definition) is 0. The van der Waals surface area contributed by atoms with Crippen molar-refractivity contribution in [1.29, 1.82) is 0 Å². The lowest BCUT2D eigenvalue weighted by molar-refractivity contribution is 0.400. The molecule has 4 heteroatoms. The van der Waals surface area contributed by atoms with Crippen LogP contribution in [0.5, 0.6) is 11.5 Å². The van der Waals surface area contributed by atoms with Gasteiger partial charge in [-0.3, -0.25) is 0 Å². The zero-order valence-electron chi connectivity index (χ0n) is 21.8. The number of rotatable bonds is 8. The first-order valence-corrected chi connectivity index (χ1v) is 14.7. The summed E-state index contributed by atoms with van der Waals surface area (Å²) in [4.78, 5) is 0. The Kier molecular flexibility index (Phi) is 7.30. The van der Waals surface area contributed by atoms with Crippen molar-refractivity contribution in [3.05, 3.63) is 164 Å². The average molecular weight is 539 g/mol. The molecule has 0 saturated carbocycles. The van der Waals surface area contributed by atoms with Crippen LogP contribution < -0.4 is 14.4 Å². The van der Waals surface area contributed by atoms with Crippen LogP contribution in [-0.2, 0) is 4.57 Å². The van der Waals surface area contributed by atoms with Gasteiger partial charge in [-0.25, -0.2) is 4.57 Å². The molecule has 0 saturated heterocycles. The molecule has 0 fully saturated rings. The molecule has 0 spiro atoms. The van der Waals surface area contributed by atoms with Gasteiger partial charge in [-0.15, -0.1) is 0 Å². The van der Waals surface area contributed by atoms with Crippen molar-refractivity contribution in [2.24, 2.45) is 0 Å². The summed E-state index contributed by atoms with van der Waals surface area (Å²) in [6, 6.07) is 52.6. The third-order valence-electron chi connectivity index (χ3n) is 6.66. The van der Waals surface area contributed by atoms with Crippen LogP contribution in [0.4, 0.5) is 0 Å². The van der Waals surface area contributed by atoms with Gasteiger partial charge in [-0.05, 0) is 40.5 Å². The maximum absolute atomic E-state index is 15.3. The Hall–Kier alpha value is -4.85. The molecule has 0 heterocycles. The molecule has 6 aromatic carbocycles. The third-order valence-corrected chi connectivity index (χ3v) is 8.52. The van der Waals surface area contributed by atoms with Gasteiger partial charge in [0, 0.05) is 11.1 Å². The molecule has 194 valence electrons. The average Bonchev–Trinajstić information content (AvgIpc) is 3.03. The summed E-state index contributed by atoms with van der Waals surface area (Å²) in [5.41, 5.74) is 5.32. The fourth-order valence-electron chi connectivity index (χ4n) is 4.76. The molecule has 0 aliphatic heterocycles. The van der Waals surface area contributed by atoms with Gasteiger partial charge < -0.3 is 9.05 Å². The van der Waals surface area contributed by atoms with Gasteiger partial charge in [0.25, 0.3) is 0 Å². The van der Waals surface area contributed by atoms with Gasteiger partial charge in [-0.1, -0.05) is 146 Å². The van der Waals surface area contributed by atoms with E-state index in [1.54, 1.807) is 0 Å². The minimum absolute atomic E-state index is 0.483. The fraction of sp³-hybridized carbons (Fsp3) is 0. The summed E-state index contributed by atoms with van der Waals surface area (Å²) in [6.45, 7) is 0. The monoisotopic (exact) mass is 538 g/mol. The number of benzene rings is 6. The van der Waals surface area contributed by atoms with Crippen LogP contribution >= 0.6 is 7.60 Å². The topological polar surface area (TPSA) is 35.5 Å². The third kappa shape index (κ3) is 5.33. The SMILES string of the molecule is O=P(Oc1ccccc1-c1ccccc1)(Oc1ccccc1-c1ccccc1)c1ccccc1-c1ccccc1. The zero-order chi connectivity index (χ0) is 27.2. The van der Waals surface area contributed by atoms with E-state index in [0.29, 0.717) is 16.8 Å². The molecule has 0 radical (unpaired) electrons. The molecule has 0 unspecified atom stereocenters. The molecular weight excluding hydrogens is 511 g/mol. The van der Waals surface area contributed by atoms with Crippen molar-refractivity contribution in [3.63, 3.8) is 0 Å². The second-order valence-electron chi connectivity index (χ2n) is 9.29. The van der Waals surface area contributed by atoms with Crippen molar-refractivity contribution < 1.29 is 13.6 Å². The molecule has 0 aliphatic carbocycles. The minimum Gasteiger partial charge on any atom is -0.412 e. The van der Waals surface area contributed by atoms with Gasteiger partial charge in [0.15, 0.2) is 0 Å². The van der Waals surface area contributed by atoms with Crippen LogP contribution in [0.3, 0.4) is 0 Å². The lowest BCUT2D eigenvalue weighted by atomic mass is 10.1. The maximum atomic E-state index is 15.3. The van der Waals surface area contributed by atoms with Gasteiger partial charge >= 0.3 is 7.60 Å². The van der Waals surface area contributed by atoms with Crippen molar-refractivity contribution in [1.82, 2.24) is 0 Å². The van der Waals surface area contributed by atoms with Gasteiger partial charge in [0.05, 0.1) is 5.30 Å². The van der Waals surface area contributed by atoms with E-state index in [4.69, 9.17) is 9.05 Å². The molecule has 40 heavy (non-hydrogen) atoms. The standard InChI is InChI=1S/C36H27O3P/c37-40(36-27-15-12-24-33(36)30-20-8-3-9-21-30,38-34-25-13-10-22-31(34)28-16-4-1-5-17-28)39-35-26-14-11-23-32(35)29-18-6-2-7-19-29/h1-27H. The molecule has 6 rings (SSSR count). The lowest BCUT2D eigenvalue weighted by Gasteiger charge is -2.25. The van der Waals surface area contributed by atoms with Gasteiger partial charge in [0.1, 0.15) is 11.5 Å². The number of hydrogen-bond acceptors (Lipinski definition) is 3. The highest BCUT2D eigenvalue weighted by atomic mass is 31.2. The highest BCUT2D eigenvalue weighted by Gasteiger charge is 2.35. The quantitative estimate of drug-likeness (QED) is 0.181. The molecule has 3 nitrogen and oxygen atoms in total. The van der Waals surface area contributed by atoms with Gasteiger partial charge in [-0.2, -0.15) is 0 Å².